The lowest BCUT2D eigenvalue weighted by Gasteiger charge is -2.25. The number of nitrogens with zero attached hydrogens (tertiary/aromatic N) is 1. The molecule has 2 aromatic rings. The van der Waals surface area contributed by atoms with Crippen LogP contribution in [0.3, 0.4) is 0 Å². The lowest BCUT2D eigenvalue weighted by molar-refractivity contribution is -0.122. The molecule has 0 unspecified atom stereocenters. The second-order valence-electron chi connectivity index (χ2n) is 7.77. The maximum Gasteiger partial charge on any atom is 0.224 e. The Bertz CT molecular complexity index is 742. The van der Waals surface area contributed by atoms with Gasteiger partial charge in [0.25, 0.3) is 0 Å². The summed E-state index contributed by atoms with van der Waals surface area (Å²) in [6, 6.07) is 17.8. The van der Waals surface area contributed by atoms with Gasteiger partial charge in [-0.2, -0.15) is 0 Å². The molecule has 0 heterocycles. The van der Waals surface area contributed by atoms with E-state index < -0.39 is 0 Å². The van der Waals surface area contributed by atoms with Crippen LogP contribution >= 0.6 is 0 Å². The minimum absolute atomic E-state index is 0.0318. The van der Waals surface area contributed by atoms with E-state index >= 15 is 0 Å². The van der Waals surface area contributed by atoms with Crippen molar-refractivity contribution >= 4 is 5.91 Å². The number of likely N-dealkylation sites (N-methyl/N-ethyl adjacent to an activating group) is 1. The Morgan fingerprint density at radius 1 is 1.19 bits per heavy atom. The Balaban J connectivity index is 1.56. The first kappa shape index (κ1) is 18.5. The summed E-state index contributed by atoms with van der Waals surface area (Å²) in [6.45, 7) is 2.79. The van der Waals surface area contributed by atoms with E-state index in [1.165, 1.54) is 5.56 Å². The van der Waals surface area contributed by atoms with Gasteiger partial charge < -0.3 is 15.3 Å². The monoisotopic (exact) mass is 352 g/mol. The summed E-state index contributed by atoms with van der Waals surface area (Å²) >= 11 is 0. The highest BCUT2D eigenvalue weighted by atomic mass is 16.3. The minimum atomic E-state index is -0.0318. The quantitative estimate of drug-likeness (QED) is 0.805. The molecule has 3 rings (SSSR count). The fourth-order valence-electron chi connectivity index (χ4n) is 3.57. The van der Waals surface area contributed by atoms with Gasteiger partial charge in [-0.1, -0.05) is 49.4 Å². The van der Waals surface area contributed by atoms with E-state index in [0.717, 1.165) is 18.4 Å². The van der Waals surface area contributed by atoms with Crippen molar-refractivity contribution in [2.24, 2.45) is 5.92 Å². The first-order valence-electron chi connectivity index (χ1n) is 9.18. The number of aromatic hydroxyl groups is 1. The SMILES string of the molecule is CN(C)[C@H](CNC(=O)[C@H]1C[C@]1(C)c1ccccc1)Cc1ccc(O)cc1. The summed E-state index contributed by atoms with van der Waals surface area (Å²) in [6.07, 6.45) is 1.74. The molecule has 1 aliphatic carbocycles. The maximum atomic E-state index is 12.7. The van der Waals surface area contributed by atoms with E-state index in [9.17, 15) is 9.90 Å². The molecule has 4 nitrogen and oxygen atoms in total. The van der Waals surface area contributed by atoms with Gasteiger partial charge in [-0.25, -0.2) is 0 Å². The molecule has 26 heavy (non-hydrogen) atoms. The molecule has 1 amide bonds. The van der Waals surface area contributed by atoms with Crippen molar-refractivity contribution in [1.29, 1.82) is 0 Å². The van der Waals surface area contributed by atoms with Crippen LogP contribution in [0.5, 0.6) is 5.75 Å². The van der Waals surface area contributed by atoms with E-state index in [1.54, 1.807) is 12.1 Å². The van der Waals surface area contributed by atoms with Gasteiger partial charge in [0.2, 0.25) is 5.91 Å². The van der Waals surface area contributed by atoms with Crippen molar-refractivity contribution in [3.05, 3.63) is 65.7 Å². The Kier molecular flexibility index (Phi) is 5.33. The van der Waals surface area contributed by atoms with Crippen molar-refractivity contribution in [3.63, 3.8) is 0 Å². The molecule has 0 radical (unpaired) electrons. The number of nitrogens with one attached hydrogen (secondary N) is 1. The van der Waals surface area contributed by atoms with Crippen LogP contribution in [-0.4, -0.2) is 42.6 Å². The van der Waals surface area contributed by atoms with Gasteiger partial charge in [0.15, 0.2) is 0 Å². The lowest BCUT2D eigenvalue weighted by Crippen LogP contribution is -2.42. The first-order chi connectivity index (χ1) is 12.4. The second kappa shape index (κ2) is 7.50. The van der Waals surface area contributed by atoms with Crippen LogP contribution in [0.25, 0.3) is 0 Å². The third kappa shape index (κ3) is 4.07. The van der Waals surface area contributed by atoms with E-state index in [2.05, 4.69) is 29.3 Å². The van der Waals surface area contributed by atoms with Gasteiger partial charge in [-0.15, -0.1) is 0 Å². The predicted octanol–water partition coefficient (Wildman–Crippen LogP) is 2.96. The summed E-state index contributed by atoms with van der Waals surface area (Å²) in [7, 11) is 4.06. The number of amides is 1. The molecule has 4 heteroatoms. The normalized spacial score (nSPS) is 22.8. The van der Waals surface area contributed by atoms with E-state index in [-0.39, 0.29) is 29.0 Å². The summed E-state index contributed by atoms with van der Waals surface area (Å²) < 4.78 is 0. The molecule has 0 saturated heterocycles. The van der Waals surface area contributed by atoms with Crippen LogP contribution in [0.15, 0.2) is 54.6 Å². The fraction of sp³-hybridized carbons (Fsp3) is 0.409. The summed E-state index contributed by atoms with van der Waals surface area (Å²) in [5.41, 5.74) is 2.36. The van der Waals surface area contributed by atoms with Crippen LogP contribution in [0.4, 0.5) is 0 Å². The molecule has 0 aromatic heterocycles. The molecule has 1 saturated carbocycles. The average molecular weight is 352 g/mol. The van der Waals surface area contributed by atoms with Gasteiger partial charge in [-0.3, -0.25) is 4.79 Å². The number of benzene rings is 2. The van der Waals surface area contributed by atoms with E-state index in [1.807, 2.05) is 44.4 Å². The number of hydrogen-bond acceptors (Lipinski definition) is 3. The first-order valence-corrected chi connectivity index (χ1v) is 9.18. The zero-order valence-electron chi connectivity index (χ0n) is 15.8. The summed E-state index contributed by atoms with van der Waals surface area (Å²) in [5, 5.41) is 12.6. The standard InChI is InChI=1S/C22H28N2O2/c1-22(17-7-5-4-6-8-17)14-20(22)21(26)23-15-18(24(2)3)13-16-9-11-19(25)12-10-16/h4-12,18,20,25H,13-15H2,1-3H3,(H,23,26)/t18-,20+,22+/m0/s1. The molecule has 1 aliphatic rings. The molecular formula is C22H28N2O2. The van der Waals surface area contributed by atoms with Crippen LogP contribution < -0.4 is 5.32 Å². The molecule has 2 aromatic carbocycles. The van der Waals surface area contributed by atoms with Crippen molar-refractivity contribution in [3.8, 4) is 5.75 Å². The Hall–Kier alpha value is -2.33. The molecule has 3 atom stereocenters. The Labute approximate surface area is 155 Å². The Morgan fingerprint density at radius 3 is 2.46 bits per heavy atom. The van der Waals surface area contributed by atoms with Crippen LogP contribution in [0, 0.1) is 5.92 Å². The van der Waals surface area contributed by atoms with Crippen molar-refractivity contribution in [2.75, 3.05) is 20.6 Å². The van der Waals surface area contributed by atoms with Crippen LogP contribution in [0.1, 0.15) is 24.5 Å². The molecule has 138 valence electrons. The van der Waals surface area contributed by atoms with Crippen LogP contribution in [0.2, 0.25) is 0 Å². The maximum absolute atomic E-state index is 12.7. The average Bonchev–Trinajstić information content (AvgIpc) is 3.34. The zero-order valence-corrected chi connectivity index (χ0v) is 15.8. The second-order valence-corrected chi connectivity index (χ2v) is 7.77. The van der Waals surface area contributed by atoms with Gasteiger partial charge in [0.1, 0.15) is 5.75 Å². The molecule has 2 N–H and O–H groups in total. The van der Waals surface area contributed by atoms with Crippen LogP contribution in [-0.2, 0) is 16.6 Å². The fourth-order valence-corrected chi connectivity index (χ4v) is 3.57. The number of carbonyl (C=O) groups is 1. The summed E-state index contributed by atoms with van der Waals surface area (Å²) in [5.74, 6) is 0.479. The highest BCUT2D eigenvalue weighted by Crippen LogP contribution is 2.53. The molecule has 0 bridgehead atoms. The lowest BCUT2D eigenvalue weighted by atomic mass is 9.95. The van der Waals surface area contributed by atoms with Gasteiger partial charge >= 0.3 is 0 Å². The predicted molar refractivity (Wildman–Crippen MR) is 104 cm³/mol. The number of carbonyl (C=O) groups excluding carboxylic acids is 1. The van der Waals surface area contributed by atoms with E-state index in [0.29, 0.717) is 6.54 Å². The third-order valence-corrected chi connectivity index (χ3v) is 5.64. The smallest absolute Gasteiger partial charge is 0.224 e. The minimum Gasteiger partial charge on any atom is -0.508 e. The molecule has 0 aliphatic heterocycles. The summed E-state index contributed by atoms with van der Waals surface area (Å²) in [4.78, 5) is 14.8. The number of phenols is 1. The number of hydrogen-bond donors (Lipinski definition) is 2. The van der Waals surface area contributed by atoms with Gasteiger partial charge in [-0.05, 0) is 50.2 Å². The third-order valence-electron chi connectivity index (χ3n) is 5.64. The molecule has 0 spiro atoms. The molecule has 1 fully saturated rings. The molecular weight excluding hydrogens is 324 g/mol. The zero-order chi connectivity index (χ0) is 18.7. The van der Waals surface area contributed by atoms with E-state index in [4.69, 9.17) is 0 Å². The highest BCUT2D eigenvalue weighted by Gasteiger charge is 2.55. The van der Waals surface area contributed by atoms with Crippen molar-refractivity contribution in [1.82, 2.24) is 10.2 Å². The Morgan fingerprint density at radius 2 is 1.85 bits per heavy atom. The highest BCUT2D eigenvalue weighted by molar-refractivity contribution is 5.84. The van der Waals surface area contributed by atoms with Crippen molar-refractivity contribution in [2.45, 2.75) is 31.2 Å². The number of phenolic OH excluding ortho intramolecular Hbond substituents is 1. The largest absolute Gasteiger partial charge is 0.508 e. The topological polar surface area (TPSA) is 52.6 Å². The van der Waals surface area contributed by atoms with Gasteiger partial charge in [0.05, 0.1) is 0 Å². The van der Waals surface area contributed by atoms with Gasteiger partial charge in [0, 0.05) is 23.9 Å². The number of rotatable bonds is 7. The van der Waals surface area contributed by atoms with Crippen molar-refractivity contribution < 1.29 is 9.90 Å².